The molecule has 1 amide bonds. The molecule has 30 heavy (non-hydrogen) atoms. The number of aryl methyl sites for hydroxylation is 1. The SMILES string of the molecule is Cc1ccc(C(C)O[C@H]2OCCN(C(=O)CBr)[C@H]2c2ccc(C(F)(F)F)cc2)cc1. The summed E-state index contributed by atoms with van der Waals surface area (Å²) in [5.74, 6) is -0.181. The minimum atomic E-state index is -4.43. The lowest BCUT2D eigenvalue weighted by molar-refractivity contribution is -0.228. The van der Waals surface area contributed by atoms with Gasteiger partial charge >= 0.3 is 6.18 Å². The molecule has 2 aromatic carbocycles. The third-order valence-corrected chi connectivity index (χ3v) is 5.59. The Morgan fingerprint density at radius 3 is 2.40 bits per heavy atom. The van der Waals surface area contributed by atoms with Gasteiger partial charge in [0, 0.05) is 6.54 Å². The van der Waals surface area contributed by atoms with Crippen molar-refractivity contribution in [2.45, 2.75) is 38.5 Å². The van der Waals surface area contributed by atoms with Crippen LogP contribution in [0.1, 0.15) is 41.3 Å². The maximum Gasteiger partial charge on any atom is 0.416 e. The summed E-state index contributed by atoms with van der Waals surface area (Å²) >= 11 is 3.18. The number of nitrogens with zero attached hydrogens (tertiary/aromatic N) is 1. The van der Waals surface area contributed by atoms with Crippen LogP contribution in [-0.2, 0) is 20.4 Å². The predicted octanol–water partition coefficient (Wildman–Crippen LogP) is 5.41. The Bertz CT molecular complexity index is 855. The number of hydrogen-bond donors (Lipinski definition) is 0. The monoisotopic (exact) mass is 485 g/mol. The summed E-state index contributed by atoms with van der Waals surface area (Å²) in [5, 5.41) is 0.102. The Kier molecular flexibility index (Phi) is 7.21. The first-order valence-corrected chi connectivity index (χ1v) is 10.7. The molecular formula is C22H23BrF3NO3. The van der Waals surface area contributed by atoms with E-state index in [2.05, 4.69) is 15.9 Å². The van der Waals surface area contributed by atoms with Gasteiger partial charge in [-0.05, 0) is 37.1 Å². The van der Waals surface area contributed by atoms with E-state index in [1.807, 2.05) is 38.1 Å². The number of hydrogen-bond acceptors (Lipinski definition) is 3. The lowest BCUT2D eigenvalue weighted by Gasteiger charge is -2.42. The molecule has 1 heterocycles. The number of rotatable bonds is 5. The molecule has 1 fully saturated rings. The zero-order chi connectivity index (χ0) is 21.9. The second kappa shape index (κ2) is 9.49. The standard InChI is InChI=1S/C22H23BrF3NO3/c1-14-3-5-16(6-4-14)15(2)30-21-20(27(11-12-29-21)19(28)13-23)17-7-9-18(10-8-17)22(24,25)26/h3-10,15,20-21H,11-13H2,1-2H3/t15?,20-,21+/m0/s1. The fourth-order valence-electron chi connectivity index (χ4n) is 3.44. The fourth-order valence-corrected chi connectivity index (χ4v) is 3.76. The average molecular weight is 486 g/mol. The van der Waals surface area contributed by atoms with Crippen molar-refractivity contribution < 1.29 is 27.4 Å². The molecule has 1 saturated heterocycles. The van der Waals surface area contributed by atoms with E-state index in [0.717, 1.165) is 23.3 Å². The molecule has 3 rings (SSSR count). The Morgan fingerprint density at radius 2 is 1.83 bits per heavy atom. The summed E-state index contributed by atoms with van der Waals surface area (Å²) in [6, 6.07) is 12.0. The molecule has 0 N–H and O–H groups in total. The van der Waals surface area contributed by atoms with E-state index in [4.69, 9.17) is 9.47 Å². The average Bonchev–Trinajstić information content (AvgIpc) is 2.73. The van der Waals surface area contributed by atoms with Crippen molar-refractivity contribution in [3.63, 3.8) is 0 Å². The van der Waals surface area contributed by atoms with Crippen LogP contribution in [0.2, 0.25) is 0 Å². The number of amides is 1. The number of carbonyl (C=O) groups is 1. The molecule has 0 aromatic heterocycles. The first-order chi connectivity index (χ1) is 14.2. The molecule has 1 aliphatic heterocycles. The maximum absolute atomic E-state index is 13.0. The quantitative estimate of drug-likeness (QED) is 0.531. The van der Waals surface area contributed by atoms with E-state index in [-0.39, 0.29) is 23.9 Å². The molecule has 162 valence electrons. The van der Waals surface area contributed by atoms with E-state index in [1.54, 1.807) is 4.90 Å². The van der Waals surface area contributed by atoms with E-state index in [1.165, 1.54) is 12.1 Å². The lowest BCUT2D eigenvalue weighted by Crippen LogP contribution is -2.49. The molecular weight excluding hydrogens is 463 g/mol. The highest BCUT2D eigenvalue weighted by molar-refractivity contribution is 9.09. The van der Waals surface area contributed by atoms with Crippen molar-refractivity contribution >= 4 is 21.8 Å². The van der Waals surface area contributed by atoms with Crippen molar-refractivity contribution in [3.8, 4) is 0 Å². The van der Waals surface area contributed by atoms with Crippen LogP contribution in [0.4, 0.5) is 13.2 Å². The van der Waals surface area contributed by atoms with Gasteiger partial charge in [0.2, 0.25) is 5.91 Å². The Balaban J connectivity index is 1.89. The van der Waals surface area contributed by atoms with Crippen molar-refractivity contribution in [1.82, 2.24) is 4.90 Å². The molecule has 0 saturated carbocycles. The highest BCUT2D eigenvalue weighted by Crippen LogP contribution is 2.36. The van der Waals surface area contributed by atoms with Gasteiger partial charge in [-0.25, -0.2) is 0 Å². The normalized spacial score (nSPS) is 20.8. The van der Waals surface area contributed by atoms with Crippen LogP contribution in [0.5, 0.6) is 0 Å². The Morgan fingerprint density at radius 1 is 1.20 bits per heavy atom. The molecule has 1 unspecified atom stereocenters. The molecule has 2 aromatic rings. The van der Waals surface area contributed by atoms with Crippen LogP contribution < -0.4 is 0 Å². The third-order valence-electron chi connectivity index (χ3n) is 5.11. The summed E-state index contributed by atoms with van der Waals surface area (Å²) in [5.41, 5.74) is 1.85. The molecule has 4 nitrogen and oxygen atoms in total. The van der Waals surface area contributed by atoms with Crippen LogP contribution in [-0.4, -0.2) is 35.6 Å². The highest BCUT2D eigenvalue weighted by atomic mass is 79.9. The first kappa shape index (κ1) is 22.8. The van der Waals surface area contributed by atoms with E-state index in [9.17, 15) is 18.0 Å². The molecule has 8 heteroatoms. The van der Waals surface area contributed by atoms with Gasteiger partial charge in [0.15, 0.2) is 6.29 Å². The predicted molar refractivity (Wildman–Crippen MR) is 110 cm³/mol. The van der Waals surface area contributed by atoms with Gasteiger partial charge in [0.05, 0.1) is 23.6 Å². The zero-order valence-electron chi connectivity index (χ0n) is 16.7. The lowest BCUT2D eigenvalue weighted by atomic mass is 10.0. The maximum atomic E-state index is 13.0. The molecule has 0 spiro atoms. The van der Waals surface area contributed by atoms with Crippen LogP contribution in [0.25, 0.3) is 0 Å². The molecule has 0 aliphatic carbocycles. The van der Waals surface area contributed by atoms with Crippen LogP contribution in [0, 0.1) is 6.92 Å². The minimum absolute atomic E-state index is 0.102. The zero-order valence-corrected chi connectivity index (χ0v) is 18.2. The second-order valence-electron chi connectivity index (χ2n) is 7.21. The van der Waals surface area contributed by atoms with Crippen LogP contribution in [0.3, 0.4) is 0 Å². The number of carbonyl (C=O) groups excluding carboxylic acids is 1. The number of ether oxygens (including phenoxy) is 2. The number of benzene rings is 2. The number of halogens is 4. The van der Waals surface area contributed by atoms with Gasteiger partial charge in [0.1, 0.15) is 6.04 Å². The molecule has 1 aliphatic rings. The topological polar surface area (TPSA) is 38.8 Å². The van der Waals surface area contributed by atoms with Crippen molar-refractivity contribution in [3.05, 3.63) is 70.8 Å². The largest absolute Gasteiger partial charge is 0.416 e. The Labute approximate surface area is 182 Å². The summed E-state index contributed by atoms with van der Waals surface area (Å²) in [6.07, 6.45) is -5.57. The van der Waals surface area contributed by atoms with Gasteiger partial charge in [-0.2, -0.15) is 13.2 Å². The van der Waals surface area contributed by atoms with Crippen LogP contribution >= 0.6 is 15.9 Å². The first-order valence-electron chi connectivity index (χ1n) is 9.57. The molecule has 0 radical (unpaired) electrons. The van der Waals surface area contributed by atoms with E-state index in [0.29, 0.717) is 12.1 Å². The van der Waals surface area contributed by atoms with Crippen molar-refractivity contribution in [1.29, 1.82) is 0 Å². The summed E-state index contributed by atoms with van der Waals surface area (Å²) < 4.78 is 50.9. The van der Waals surface area contributed by atoms with Gasteiger partial charge in [-0.3, -0.25) is 4.79 Å². The van der Waals surface area contributed by atoms with Crippen molar-refractivity contribution in [2.24, 2.45) is 0 Å². The minimum Gasteiger partial charge on any atom is -0.348 e. The van der Waals surface area contributed by atoms with Gasteiger partial charge in [-0.15, -0.1) is 0 Å². The second-order valence-corrected chi connectivity index (χ2v) is 7.77. The molecule has 3 atom stereocenters. The number of morpholine rings is 1. The summed E-state index contributed by atoms with van der Waals surface area (Å²) in [6.45, 7) is 4.48. The smallest absolute Gasteiger partial charge is 0.348 e. The highest BCUT2D eigenvalue weighted by Gasteiger charge is 2.38. The fraction of sp³-hybridized carbons (Fsp3) is 0.409. The summed E-state index contributed by atoms with van der Waals surface area (Å²) in [7, 11) is 0. The van der Waals surface area contributed by atoms with Gasteiger partial charge < -0.3 is 14.4 Å². The van der Waals surface area contributed by atoms with E-state index < -0.39 is 24.1 Å². The molecule has 0 bridgehead atoms. The van der Waals surface area contributed by atoms with Gasteiger partial charge in [0.25, 0.3) is 0 Å². The Hall–Kier alpha value is -1.90. The van der Waals surface area contributed by atoms with Crippen molar-refractivity contribution in [2.75, 3.05) is 18.5 Å². The van der Waals surface area contributed by atoms with E-state index >= 15 is 0 Å². The number of alkyl halides is 4. The van der Waals surface area contributed by atoms with Crippen LogP contribution in [0.15, 0.2) is 48.5 Å². The summed E-state index contributed by atoms with van der Waals surface area (Å²) in [4.78, 5) is 14.1. The third kappa shape index (κ3) is 5.22. The van der Waals surface area contributed by atoms with Gasteiger partial charge in [-0.1, -0.05) is 57.9 Å².